The van der Waals surface area contributed by atoms with E-state index in [0.29, 0.717) is 56.2 Å². The number of carbonyl (C=O) groups excluding carboxylic acids is 3. The van der Waals surface area contributed by atoms with Crippen LogP contribution in [0, 0.1) is 34.9 Å². The number of hydrogen-bond acceptors (Lipinski definition) is 7. The number of rotatable bonds is 15. The lowest BCUT2D eigenvalue weighted by atomic mass is 10.0. The Bertz CT molecular complexity index is 2630. The van der Waals surface area contributed by atoms with Gasteiger partial charge in [0, 0.05) is 72.8 Å². The van der Waals surface area contributed by atoms with E-state index in [1.54, 1.807) is 77.0 Å². The number of nitrogens with zero attached hydrogens (tertiary/aromatic N) is 2. The van der Waals surface area contributed by atoms with E-state index in [1.807, 2.05) is 25.7 Å². The van der Waals surface area contributed by atoms with Gasteiger partial charge in [-0.05, 0) is 166 Å². The monoisotopic (exact) mass is 1150 g/mol. The first-order chi connectivity index (χ1) is 36.4. The van der Waals surface area contributed by atoms with Crippen LogP contribution in [0.25, 0.3) is 0 Å². The molecule has 0 radical (unpaired) electrons. The van der Waals surface area contributed by atoms with Gasteiger partial charge in [0.25, 0.3) is 11.8 Å². The van der Waals surface area contributed by atoms with Gasteiger partial charge < -0.3 is 25.2 Å². The summed E-state index contributed by atoms with van der Waals surface area (Å²) in [7, 11) is 0. The third kappa shape index (κ3) is 19.4. The SMILES string of the molecule is CC(C)(C)OC(=O)NC1CCN(C(=O)c2ccc(F)cc2)CC1.Fc1ccc(C(SCCBr)c2ccc(F)cc2)cc1.O=C(c1ccc(F)cc1)N1CCC(NCCSC(c2ccc(F)cc2)c2ccc(F)cc2)CC1. The third-order valence-electron chi connectivity index (χ3n) is 12.3. The van der Waals surface area contributed by atoms with E-state index in [1.165, 1.54) is 97.1 Å². The normalized spacial score (nSPS) is 14.1. The standard InChI is InChI=1S/C27H27F3N2OS.C17H23FN2O3.C15H13BrF2S/c28-22-7-1-19(2-8-22)26(20-3-9-23(29)10-4-20)34-18-15-31-25-13-16-32(17-14-25)27(33)21-5-11-24(30)12-6-21;1-17(2,3)23-16(22)19-14-8-10-20(11-9-14)15(21)12-4-6-13(18)7-5-12;16-9-10-19-15(11-1-5-13(17)6-2-11)12-3-7-14(18)8-4-12/h1-12,25-26,31H,13-18H2;4-7,14H,8-11H2,1-3H3,(H,19,22);1-8,15H,9-10H2. The van der Waals surface area contributed by atoms with Gasteiger partial charge in [-0.15, -0.1) is 23.5 Å². The summed E-state index contributed by atoms with van der Waals surface area (Å²) in [6.07, 6.45) is 2.63. The smallest absolute Gasteiger partial charge is 0.407 e. The zero-order valence-corrected chi connectivity index (χ0v) is 45.9. The Morgan fingerprint density at radius 3 is 1.13 bits per heavy atom. The Labute approximate surface area is 458 Å². The molecule has 0 spiro atoms. The number of ether oxygens (including phenoxy) is 1. The van der Waals surface area contributed by atoms with E-state index in [0.717, 1.165) is 58.5 Å². The van der Waals surface area contributed by atoms with Gasteiger partial charge >= 0.3 is 6.09 Å². The maximum atomic E-state index is 13.4. The lowest BCUT2D eigenvalue weighted by Crippen LogP contribution is -2.47. The summed E-state index contributed by atoms with van der Waals surface area (Å²) >= 11 is 6.88. The van der Waals surface area contributed by atoms with Gasteiger partial charge in [-0.25, -0.2) is 31.1 Å². The molecule has 2 aliphatic heterocycles. The van der Waals surface area contributed by atoms with Crippen molar-refractivity contribution < 1.29 is 45.5 Å². The molecule has 2 heterocycles. The topological polar surface area (TPSA) is 91.0 Å². The molecule has 0 aromatic heterocycles. The lowest BCUT2D eigenvalue weighted by Gasteiger charge is -2.33. The molecule has 0 aliphatic carbocycles. The van der Waals surface area contributed by atoms with Gasteiger partial charge in [0.1, 0.15) is 40.5 Å². The molecule has 6 aromatic carbocycles. The van der Waals surface area contributed by atoms with Crippen LogP contribution in [0.2, 0.25) is 0 Å². The predicted octanol–water partition coefficient (Wildman–Crippen LogP) is 14.0. The summed E-state index contributed by atoms with van der Waals surface area (Å²) in [4.78, 5) is 40.2. The fourth-order valence-corrected chi connectivity index (χ4v) is 11.2. The Morgan fingerprint density at radius 2 is 0.816 bits per heavy atom. The molecule has 0 bridgehead atoms. The molecule has 404 valence electrons. The second-order valence-corrected chi connectivity index (χ2v) is 22.4. The van der Waals surface area contributed by atoms with E-state index < -0.39 is 11.7 Å². The number of amides is 3. The molecule has 2 N–H and O–H groups in total. The van der Waals surface area contributed by atoms with Crippen molar-refractivity contribution in [2.24, 2.45) is 0 Å². The Morgan fingerprint density at radius 1 is 0.513 bits per heavy atom. The molecule has 76 heavy (non-hydrogen) atoms. The highest BCUT2D eigenvalue weighted by atomic mass is 79.9. The van der Waals surface area contributed by atoms with E-state index in [4.69, 9.17) is 4.74 Å². The highest BCUT2D eigenvalue weighted by Gasteiger charge is 2.27. The van der Waals surface area contributed by atoms with E-state index in [-0.39, 0.29) is 63.3 Å². The molecule has 0 atom stereocenters. The first-order valence-corrected chi connectivity index (χ1v) is 28.3. The summed E-state index contributed by atoms with van der Waals surface area (Å²) in [5.41, 5.74) is 4.47. The minimum Gasteiger partial charge on any atom is -0.444 e. The molecule has 17 heteroatoms. The largest absolute Gasteiger partial charge is 0.444 e. The summed E-state index contributed by atoms with van der Waals surface area (Å²) in [5.74, 6) is -0.168. The molecule has 3 amide bonds. The average Bonchev–Trinajstić information content (AvgIpc) is 3.41. The van der Waals surface area contributed by atoms with Crippen molar-refractivity contribution in [3.8, 4) is 0 Å². The summed E-state index contributed by atoms with van der Waals surface area (Å²) in [6.45, 7) is 8.67. The number of halogens is 7. The van der Waals surface area contributed by atoms with Crippen molar-refractivity contribution >= 4 is 57.4 Å². The minimum atomic E-state index is -0.524. The summed E-state index contributed by atoms with van der Waals surface area (Å²) in [5, 5.41) is 7.38. The molecule has 0 unspecified atom stereocenters. The molecular weight excluding hydrogens is 1090 g/mol. The van der Waals surface area contributed by atoms with Crippen LogP contribution in [0.4, 0.5) is 31.1 Å². The van der Waals surface area contributed by atoms with Gasteiger partial charge in [0.2, 0.25) is 0 Å². The quantitative estimate of drug-likeness (QED) is 0.0601. The molecule has 0 saturated carbocycles. The molecule has 8 rings (SSSR count). The number of carbonyl (C=O) groups is 3. The number of hydrogen-bond donors (Lipinski definition) is 2. The van der Waals surface area contributed by atoms with Crippen molar-refractivity contribution in [2.75, 3.05) is 49.6 Å². The Kier molecular flexibility index (Phi) is 23.2. The summed E-state index contributed by atoms with van der Waals surface area (Å²) in [6, 6.07) is 37.4. The van der Waals surface area contributed by atoms with Crippen LogP contribution in [0.1, 0.15) is 99.9 Å². The first kappa shape index (κ1) is 59.5. The zero-order valence-electron chi connectivity index (χ0n) is 42.6. The van der Waals surface area contributed by atoms with Gasteiger partial charge in [-0.1, -0.05) is 64.5 Å². The average molecular weight is 1150 g/mol. The number of alkyl halides is 1. The van der Waals surface area contributed by atoms with Crippen LogP contribution in [-0.2, 0) is 4.74 Å². The molecule has 2 aliphatic rings. The van der Waals surface area contributed by atoms with Crippen LogP contribution in [0.5, 0.6) is 0 Å². The second-order valence-electron chi connectivity index (χ2n) is 19.1. The van der Waals surface area contributed by atoms with Gasteiger partial charge in [-0.2, -0.15) is 0 Å². The molecular formula is C59H63BrF6N4O4S2. The van der Waals surface area contributed by atoms with Crippen LogP contribution >= 0.6 is 39.5 Å². The molecule has 2 saturated heterocycles. The highest BCUT2D eigenvalue weighted by Crippen LogP contribution is 2.37. The lowest BCUT2D eigenvalue weighted by molar-refractivity contribution is 0.0473. The minimum absolute atomic E-state index is 0.00196. The number of piperidine rings is 2. The second kappa shape index (κ2) is 29.7. The van der Waals surface area contributed by atoms with Crippen LogP contribution in [0.3, 0.4) is 0 Å². The van der Waals surface area contributed by atoms with Gasteiger partial charge in [-0.3, -0.25) is 9.59 Å². The number of alkyl carbamates (subject to hydrolysis) is 1. The summed E-state index contributed by atoms with van der Waals surface area (Å²) < 4.78 is 84.0. The predicted molar refractivity (Wildman–Crippen MR) is 296 cm³/mol. The van der Waals surface area contributed by atoms with Crippen molar-refractivity contribution in [2.45, 2.75) is 74.6 Å². The van der Waals surface area contributed by atoms with Crippen molar-refractivity contribution in [3.63, 3.8) is 0 Å². The van der Waals surface area contributed by atoms with Crippen molar-refractivity contribution in [1.29, 1.82) is 0 Å². The highest BCUT2D eigenvalue weighted by molar-refractivity contribution is 9.09. The molecule has 2 fully saturated rings. The van der Waals surface area contributed by atoms with Crippen LogP contribution in [-0.4, -0.2) is 95.0 Å². The fourth-order valence-electron chi connectivity index (χ4n) is 8.46. The molecule has 8 nitrogen and oxygen atoms in total. The first-order valence-electron chi connectivity index (χ1n) is 25.1. The Hall–Kier alpha value is -5.75. The maximum absolute atomic E-state index is 13.4. The van der Waals surface area contributed by atoms with Crippen molar-refractivity contribution in [1.82, 2.24) is 20.4 Å². The van der Waals surface area contributed by atoms with Gasteiger partial charge in [0.05, 0.1) is 10.5 Å². The maximum Gasteiger partial charge on any atom is 0.407 e. The Balaban J connectivity index is 0.000000195. The van der Waals surface area contributed by atoms with E-state index in [9.17, 15) is 40.7 Å². The van der Waals surface area contributed by atoms with Crippen LogP contribution in [0.15, 0.2) is 146 Å². The van der Waals surface area contributed by atoms with Crippen LogP contribution < -0.4 is 10.6 Å². The number of benzene rings is 6. The zero-order chi connectivity index (χ0) is 54.6. The van der Waals surface area contributed by atoms with Crippen molar-refractivity contribution in [3.05, 3.63) is 214 Å². The molecule has 6 aromatic rings. The number of likely N-dealkylation sites (tertiary alicyclic amines) is 2. The third-order valence-corrected chi connectivity index (χ3v) is 15.9. The van der Waals surface area contributed by atoms with Gasteiger partial charge in [0.15, 0.2) is 0 Å². The fraction of sp³-hybridized carbons (Fsp3) is 0.339. The number of nitrogens with one attached hydrogen (secondary N) is 2. The van der Waals surface area contributed by atoms with E-state index >= 15 is 0 Å². The number of thioether (sulfide) groups is 2. The van der Waals surface area contributed by atoms with E-state index in [2.05, 4.69) is 26.6 Å².